The first-order valence-electron chi connectivity index (χ1n) is 5.66. The van der Waals surface area contributed by atoms with Gasteiger partial charge >= 0.3 is 0 Å². The first-order chi connectivity index (χ1) is 6.64. The number of hydrogen-bond acceptors (Lipinski definition) is 0. The lowest BCUT2D eigenvalue weighted by Gasteiger charge is -2.46. The van der Waals surface area contributed by atoms with Gasteiger partial charge in [0.2, 0.25) is 0 Å². The second-order valence-electron chi connectivity index (χ2n) is 6.27. The van der Waals surface area contributed by atoms with E-state index < -0.39 is 0 Å². The smallest absolute Gasteiger partial charge is 0.0116 e. The van der Waals surface area contributed by atoms with Gasteiger partial charge in [-0.3, -0.25) is 0 Å². The predicted octanol–water partition coefficient (Wildman–Crippen LogP) is 4.82. The van der Waals surface area contributed by atoms with Crippen molar-refractivity contribution in [3.8, 4) is 0 Å². The van der Waals surface area contributed by atoms with Gasteiger partial charge in [-0.2, -0.15) is 0 Å². The minimum Gasteiger partial charge on any atom is -0.0874 e. The van der Waals surface area contributed by atoms with Gasteiger partial charge in [-0.25, -0.2) is 0 Å². The normalized spacial score (nSPS) is 21.6. The van der Waals surface area contributed by atoms with E-state index in [4.69, 9.17) is 0 Å². The molecule has 1 rings (SSSR count). The molecule has 15 heavy (non-hydrogen) atoms. The molecule has 85 valence electrons. The van der Waals surface area contributed by atoms with E-state index in [1.807, 2.05) is 0 Å². The molecule has 0 aliphatic heterocycles. The first kappa shape index (κ1) is 13.5. The summed E-state index contributed by atoms with van der Waals surface area (Å²) in [5.41, 5.74) is 1.59. The van der Waals surface area contributed by atoms with Crippen LogP contribution in [0.2, 0.25) is 0 Å². The molecule has 5 radical (unpaired) electrons. The maximum atomic E-state index is 2.37. The van der Waals surface area contributed by atoms with Gasteiger partial charge in [-0.05, 0) is 35.5 Å². The van der Waals surface area contributed by atoms with Crippen molar-refractivity contribution < 1.29 is 0 Å². The quantitative estimate of drug-likeness (QED) is 0.559. The van der Waals surface area contributed by atoms with Gasteiger partial charge < -0.3 is 0 Å². The van der Waals surface area contributed by atoms with Crippen molar-refractivity contribution in [2.75, 3.05) is 0 Å². The molecule has 0 aromatic carbocycles. The molecule has 0 unspecified atom stereocenters. The summed E-state index contributed by atoms with van der Waals surface area (Å²) in [7, 11) is -0.122. The Kier molecular flexibility index (Phi) is 3.92. The Labute approximate surface area is 98.0 Å². The largest absolute Gasteiger partial charge is 0.0874 e. The van der Waals surface area contributed by atoms with Crippen LogP contribution in [0.3, 0.4) is 0 Å². The van der Waals surface area contributed by atoms with Gasteiger partial charge in [0.1, 0.15) is 0 Å². The molecule has 0 N–H and O–H groups in total. The van der Waals surface area contributed by atoms with Crippen LogP contribution in [0.25, 0.3) is 0 Å². The molecule has 0 saturated heterocycles. The predicted molar refractivity (Wildman–Crippen MR) is 71.5 cm³/mol. The second-order valence-corrected chi connectivity index (χ2v) is 10.1. The lowest BCUT2D eigenvalue weighted by atomic mass is 10.1. The standard InChI is InChI=1S/C14H24P/c1-11-9-8-10-12(11)15(13(2,3)4)14(5,6)7/h8-10H,1-7H3. The third-order valence-corrected chi connectivity index (χ3v) is 6.25. The summed E-state index contributed by atoms with van der Waals surface area (Å²) in [5, 5.41) is 0.763. The zero-order valence-corrected chi connectivity index (χ0v) is 12.1. The first-order valence-corrected chi connectivity index (χ1v) is 7.01. The molecule has 0 spiro atoms. The maximum absolute atomic E-state index is 2.37. The summed E-state index contributed by atoms with van der Waals surface area (Å²) >= 11 is 0. The molecular weight excluding hydrogens is 199 g/mol. The lowest BCUT2D eigenvalue weighted by molar-refractivity contribution is 0.705. The molecule has 0 atom stereocenters. The Morgan fingerprint density at radius 1 is 0.867 bits per heavy atom. The van der Waals surface area contributed by atoms with E-state index in [9.17, 15) is 0 Å². The Morgan fingerprint density at radius 2 is 1.33 bits per heavy atom. The zero-order chi connectivity index (χ0) is 11.9. The molecule has 0 nitrogen and oxygen atoms in total. The molecule has 1 heteroatoms. The zero-order valence-electron chi connectivity index (χ0n) is 11.2. The van der Waals surface area contributed by atoms with Crippen LogP contribution in [-0.4, -0.2) is 10.3 Å². The van der Waals surface area contributed by atoms with Crippen LogP contribution in [-0.2, 0) is 0 Å². The van der Waals surface area contributed by atoms with Crippen LogP contribution in [0.4, 0.5) is 0 Å². The third kappa shape index (κ3) is 3.19. The third-order valence-electron chi connectivity index (χ3n) is 2.59. The van der Waals surface area contributed by atoms with Crippen LogP contribution in [0.15, 0.2) is 0 Å². The van der Waals surface area contributed by atoms with E-state index in [1.54, 1.807) is 5.66 Å². The van der Waals surface area contributed by atoms with Gasteiger partial charge in [0, 0.05) is 5.66 Å². The fourth-order valence-electron chi connectivity index (χ4n) is 2.48. The minimum absolute atomic E-state index is 0.122. The van der Waals surface area contributed by atoms with Gasteiger partial charge in [0.15, 0.2) is 0 Å². The highest BCUT2D eigenvalue weighted by Gasteiger charge is 2.44. The van der Waals surface area contributed by atoms with E-state index in [1.165, 1.54) is 5.92 Å². The van der Waals surface area contributed by atoms with E-state index in [0.717, 1.165) is 0 Å². The average molecular weight is 223 g/mol. The topological polar surface area (TPSA) is 0 Å². The van der Waals surface area contributed by atoms with Crippen molar-refractivity contribution in [1.82, 2.24) is 0 Å². The Hall–Kier alpha value is 0.430. The second kappa shape index (κ2) is 4.36. The van der Waals surface area contributed by atoms with Crippen LogP contribution in [0.5, 0.6) is 0 Å². The van der Waals surface area contributed by atoms with E-state index in [2.05, 4.69) is 67.7 Å². The summed E-state index contributed by atoms with van der Waals surface area (Å²) in [6.45, 7) is 16.5. The number of rotatable bonds is 1. The monoisotopic (exact) mass is 223 g/mol. The fraction of sp³-hybridized carbons (Fsp3) is 0.643. The molecular formula is C14H24P. The molecule has 0 aromatic heterocycles. The van der Waals surface area contributed by atoms with Gasteiger partial charge in [-0.1, -0.05) is 56.4 Å². The van der Waals surface area contributed by atoms with E-state index >= 15 is 0 Å². The van der Waals surface area contributed by atoms with Crippen molar-refractivity contribution in [2.24, 2.45) is 0 Å². The van der Waals surface area contributed by atoms with Crippen molar-refractivity contribution in [2.45, 2.75) is 58.8 Å². The van der Waals surface area contributed by atoms with Crippen molar-refractivity contribution >= 4 is 7.92 Å². The van der Waals surface area contributed by atoms with Crippen LogP contribution in [0, 0.1) is 30.8 Å². The summed E-state index contributed by atoms with van der Waals surface area (Å²) < 4.78 is 0. The molecule has 1 saturated carbocycles. The molecule has 1 fully saturated rings. The van der Waals surface area contributed by atoms with E-state index in [0.29, 0.717) is 10.3 Å². The van der Waals surface area contributed by atoms with Crippen molar-refractivity contribution in [3.05, 3.63) is 30.8 Å². The van der Waals surface area contributed by atoms with Gasteiger partial charge in [0.25, 0.3) is 0 Å². The Morgan fingerprint density at radius 3 is 1.60 bits per heavy atom. The maximum Gasteiger partial charge on any atom is 0.0116 e. The fourth-order valence-corrected chi connectivity index (χ4v) is 6.60. The summed E-state index contributed by atoms with van der Waals surface area (Å²) in [4.78, 5) is 0. The molecule has 0 bridgehead atoms. The SMILES string of the molecule is C[C]1[CH][CH][CH][C]1P(C(C)(C)C)C(C)(C)C. The summed E-state index contributed by atoms with van der Waals surface area (Å²) in [6, 6.07) is 0. The molecule has 1 aliphatic rings. The summed E-state index contributed by atoms with van der Waals surface area (Å²) in [6.07, 6.45) is 6.75. The molecule has 0 aromatic rings. The van der Waals surface area contributed by atoms with Crippen LogP contribution < -0.4 is 0 Å². The van der Waals surface area contributed by atoms with Crippen molar-refractivity contribution in [3.63, 3.8) is 0 Å². The highest BCUT2D eigenvalue weighted by Crippen LogP contribution is 2.70. The van der Waals surface area contributed by atoms with Gasteiger partial charge in [0.05, 0.1) is 0 Å². The molecule has 0 heterocycles. The van der Waals surface area contributed by atoms with E-state index in [-0.39, 0.29) is 7.92 Å². The molecule has 1 aliphatic carbocycles. The Bertz CT molecular complexity index is 192. The van der Waals surface area contributed by atoms with Crippen LogP contribution in [0.1, 0.15) is 48.5 Å². The summed E-state index contributed by atoms with van der Waals surface area (Å²) in [5.74, 6) is 1.46. The van der Waals surface area contributed by atoms with Crippen LogP contribution >= 0.6 is 7.92 Å². The lowest BCUT2D eigenvalue weighted by Crippen LogP contribution is -2.28. The minimum atomic E-state index is -0.122. The highest BCUT2D eigenvalue weighted by molar-refractivity contribution is 7.64. The van der Waals surface area contributed by atoms with Crippen molar-refractivity contribution in [1.29, 1.82) is 0 Å². The van der Waals surface area contributed by atoms with Gasteiger partial charge in [-0.15, -0.1) is 0 Å². The molecule has 0 amide bonds. The average Bonchev–Trinajstić information content (AvgIpc) is 2.30. The number of hydrogen-bond donors (Lipinski definition) is 0. The highest BCUT2D eigenvalue weighted by atomic mass is 31.1. The Balaban J connectivity index is 2.91.